The van der Waals surface area contributed by atoms with E-state index in [1.165, 1.54) is 0 Å². The highest BCUT2D eigenvalue weighted by Crippen LogP contribution is 2.64. The van der Waals surface area contributed by atoms with Gasteiger partial charge in [-0.25, -0.2) is 0 Å². The Balaban J connectivity index is 1.13. The zero-order valence-corrected chi connectivity index (χ0v) is 40.9. The molecule has 76 heavy (non-hydrogen) atoms. The van der Waals surface area contributed by atoms with E-state index in [1.807, 2.05) is 72.8 Å². The van der Waals surface area contributed by atoms with Crippen LogP contribution >= 0.6 is 0 Å². The van der Waals surface area contributed by atoms with Crippen molar-refractivity contribution < 1.29 is 8.83 Å². The number of fused-ring (bicyclic) bond motifs is 8. The molecule has 0 saturated heterocycles. The van der Waals surface area contributed by atoms with Crippen LogP contribution in [0.15, 0.2) is 285 Å². The fourth-order valence-electron chi connectivity index (χ4n) is 12.8. The summed E-state index contributed by atoms with van der Waals surface area (Å²) in [5.41, 5.74) is 14.4. The summed E-state index contributed by atoms with van der Waals surface area (Å²) in [4.78, 5) is 33.1. The minimum absolute atomic E-state index is 0.0699. The Bertz CT molecular complexity index is 4220. The van der Waals surface area contributed by atoms with Crippen LogP contribution in [0, 0.1) is 0 Å². The molecule has 2 aliphatic rings. The highest BCUT2D eigenvalue weighted by atomic mass is 16.3. The Morgan fingerprint density at radius 1 is 0.263 bits per heavy atom. The molecule has 6 nitrogen and oxygen atoms in total. The molecule has 0 spiro atoms. The molecule has 11 aromatic carbocycles. The number of hydrogen-bond acceptors (Lipinski definition) is 6. The van der Waals surface area contributed by atoms with Crippen LogP contribution in [0.2, 0.25) is 0 Å². The molecule has 0 radical (unpaired) electrons. The Morgan fingerprint density at radius 2 is 0.579 bits per heavy atom. The van der Waals surface area contributed by atoms with Crippen LogP contribution in [0.25, 0.3) is 43.9 Å². The zero-order valence-electron chi connectivity index (χ0n) is 40.9. The third-order valence-corrected chi connectivity index (χ3v) is 16.0. The second kappa shape index (κ2) is 16.7. The summed E-state index contributed by atoms with van der Waals surface area (Å²) in [6.07, 6.45) is 0. The molecular formula is C70H44N2O4. The van der Waals surface area contributed by atoms with Gasteiger partial charge in [0.05, 0.1) is 55.1 Å². The van der Waals surface area contributed by atoms with Crippen LogP contribution in [-0.4, -0.2) is 0 Å². The Hall–Kier alpha value is -10.0. The van der Waals surface area contributed by atoms with Gasteiger partial charge in [-0.2, -0.15) is 0 Å². The van der Waals surface area contributed by atoms with Gasteiger partial charge in [0.1, 0.15) is 22.3 Å². The van der Waals surface area contributed by atoms with Crippen molar-refractivity contribution in [1.82, 2.24) is 0 Å². The molecule has 0 atom stereocenters. The fraction of sp³-hybridized carbons (Fsp3) is 0.0286. The summed E-state index contributed by atoms with van der Waals surface area (Å²) in [5, 5.41) is 2.12. The normalized spacial score (nSPS) is 14.1. The van der Waals surface area contributed by atoms with Gasteiger partial charge in [0.2, 0.25) is 10.9 Å². The number of hydrogen-bond donors (Lipinski definition) is 0. The molecule has 2 aliphatic heterocycles. The lowest BCUT2D eigenvalue weighted by atomic mass is 9.59. The van der Waals surface area contributed by atoms with E-state index in [0.717, 1.165) is 78.6 Å². The molecule has 0 saturated carbocycles. The predicted molar refractivity (Wildman–Crippen MR) is 307 cm³/mol. The van der Waals surface area contributed by atoms with Gasteiger partial charge < -0.3 is 18.6 Å². The lowest BCUT2D eigenvalue weighted by molar-refractivity contribution is 0.659. The number of rotatable bonds is 6. The van der Waals surface area contributed by atoms with Crippen LogP contribution < -0.4 is 20.7 Å². The van der Waals surface area contributed by atoms with Gasteiger partial charge in [0.15, 0.2) is 0 Å². The molecule has 2 aromatic heterocycles. The van der Waals surface area contributed by atoms with Gasteiger partial charge in [-0.15, -0.1) is 0 Å². The first kappa shape index (κ1) is 43.5. The number of benzene rings is 11. The van der Waals surface area contributed by atoms with Gasteiger partial charge in [-0.1, -0.05) is 182 Å². The van der Waals surface area contributed by atoms with E-state index in [-0.39, 0.29) is 10.9 Å². The molecule has 15 rings (SSSR count). The molecule has 358 valence electrons. The molecular weight excluding hydrogens is 933 g/mol. The average molecular weight is 977 g/mol. The summed E-state index contributed by atoms with van der Waals surface area (Å²) in [5.74, 6) is 0. The fourth-order valence-corrected chi connectivity index (χ4v) is 12.8. The number of para-hydroxylation sites is 4. The minimum atomic E-state index is -0.876. The van der Waals surface area contributed by atoms with Gasteiger partial charge in [-0.05, 0) is 117 Å². The van der Waals surface area contributed by atoms with Crippen LogP contribution in [0.4, 0.5) is 34.1 Å². The second-order valence-electron chi connectivity index (χ2n) is 19.8. The van der Waals surface area contributed by atoms with E-state index in [4.69, 9.17) is 8.83 Å². The van der Waals surface area contributed by atoms with E-state index in [9.17, 15) is 9.59 Å². The largest absolute Gasteiger partial charge is 0.456 e. The van der Waals surface area contributed by atoms with Crippen molar-refractivity contribution in [1.29, 1.82) is 0 Å². The first-order valence-corrected chi connectivity index (χ1v) is 25.6. The quantitative estimate of drug-likeness (QED) is 0.155. The van der Waals surface area contributed by atoms with Crippen LogP contribution in [0.5, 0.6) is 0 Å². The van der Waals surface area contributed by atoms with E-state index in [1.54, 1.807) is 0 Å². The van der Waals surface area contributed by atoms with E-state index in [0.29, 0.717) is 43.9 Å². The molecule has 0 aliphatic carbocycles. The van der Waals surface area contributed by atoms with Crippen molar-refractivity contribution in [3.05, 3.63) is 332 Å². The zero-order chi connectivity index (χ0) is 50.5. The maximum absolute atomic E-state index is 14.2. The number of anilines is 6. The van der Waals surface area contributed by atoms with Gasteiger partial charge in [0, 0.05) is 23.5 Å². The number of nitrogens with zero attached hydrogens (tertiary/aromatic N) is 2. The van der Waals surface area contributed by atoms with Crippen LogP contribution in [0.3, 0.4) is 0 Å². The Kier molecular flexibility index (Phi) is 9.59. The smallest absolute Gasteiger partial charge is 0.200 e. The van der Waals surface area contributed by atoms with E-state index >= 15 is 0 Å². The van der Waals surface area contributed by atoms with Gasteiger partial charge in [-0.3, -0.25) is 9.59 Å². The average Bonchev–Trinajstić information content (AvgIpc) is 3.54. The second-order valence-corrected chi connectivity index (χ2v) is 19.8. The molecule has 0 bridgehead atoms. The summed E-state index contributed by atoms with van der Waals surface area (Å²) >= 11 is 0. The maximum Gasteiger partial charge on any atom is 0.200 e. The molecule has 0 fully saturated rings. The highest BCUT2D eigenvalue weighted by molar-refractivity contribution is 6.00. The van der Waals surface area contributed by atoms with Crippen molar-refractivity contribution >= 4 is 78.0 Å². The highest BCUT2D eigenvalue weighted by Gasteiger charge is 2.52. The van der Waals surface area contributed by atoms with Crippen molar-refractivity contribution in [2.75, 3.05) is 9.80 Å². The first-order chi connectivity index (χ1) is 37.5. The molecule has 4 heterocycles. The van der Waals surface area contributed by atoms with Gasteiger partial charge in [0.25, 0.3) is 0 Å². The molecule has 6 heteroatoms. The van der Waals surface area contributed by atoms with E-state index in [2.05, 4.69) is 204 Å². The van der Waals surface area contributed by atoms with Crippen molar-refractivity contribution in [3.8, 4) is 0 Å². The van der Waals surface area contributed by atoms with E-state index < -0.39 is 10.8 Å². The topological polar surface area (TPSA) is 66.9 Å². The van der Waals surface area contributed by atoms with Gasteiger partial charge >= 0.3 is 0 Å². The third kappa shape index (κ3) is 6.09. The molecule has 0 N–H and O–H groups in total. The maximum atomic E-state index is 14.2. The summed E-state index contributed by atoms with van der Waals surface area (Å²) < 4.78 is 13.3. The SMILES string of the molecule is O=c1c2ccccc2oc2cc(N3c4ccccc4C(c4ccccc4)(c4ccccc4)c4cc5c(cc43)C(c3ccccc3)(c3ccccc3)c3ccccc3N5c3ccc4c(=O)c5ccccc5oc4c3)ccc12. The molecule has 0 amide bonds. The summed E-state index contributed by atoms with van der Waals surface area (Å²) in [6.45, 7) is 0. The van der Waals surface area contributed by atoms with Crippen LogP contribution in [-0.2, 0) is 10.8 Å². The molecule has 0 unspecified atom stereocenters. The van der Waals surface area contributed by atoms with Crippen molar-refractivity contribution in [2.24, 2.45) is 0 Å². The minimum Gasteiger partial charge on any atom is -0.456 e. The van der Waals surface area contributed by atoms with Crippen molar-refractivity contribution in [3.63, 3.8) is 0 Å². The van der Waals surface area contributed by atoms with Crippen LogP contribution in [0.1, 0.15) is 44.5 Å². The predicted octanol–water partition coefficient (Wildman–Crippen LogP) is 16.5. The Morgan fingerprint density at radius 3 is 0.961 bits per heavy atom. The lowest BCUT2D eigenvalue weighted by Gasteiger charge is -2.50. The summed E-state index contributed by atoms with van der Waals surface area (Å²) in [7, 11) is 0. The molecule has 13 aromatic rings. The standard InChI is InChI=1S/C70H44N2O4/c73-67-51-29-13-19-35-63(51)75-65-41-49(37-39-53(65)67)71-59-33-17-15-31-55(59)69(45-21-5-1-6-22-45,46-23-7-2-8-24-46)57-43-62-58(44-61(57)71)70(47-25-9-3-10-26-47,48-27-11-4-12-28-48)56-32-16-18-34-60(56)72(62)50-38-40-54-66(42-50)76-64-36-20-14-30-52(64)68(54)74/h1-44H. The van der Waals surface area contributed by atoms with Crippen molar-refractivity contribution in [2.45, 2.75) is 10.8 Å². The Labute approximate surface area is 437 Å². The first-order valence-electron chi connectivity index (χ1n) is 25.6. The lowest BCUT2D eigenvalue weighted by Crippen LogP contribution is -2.41. The monoisotopic (exact) mass is 976 g/mol. The third-order valence-electron chi connectivity index (χ3n) is 16.0. The summed E-state index contributed by atoms with van der Waals surface area (Å²) in [6, 6.07) is 92.6.